The Kier molecular flexibility index (Phi) is 3.55. The van der Waals surface area contributed by atoms with Crippen molar-refractivity contribution in [1.29, 1.82) is 0 Å². The summed E-state index contributed by atoms with van der Waals surface area (Å²) in [5, 5.41) is 6.08. The van der Waals surface area contributed by atoms with Gasteiger partial charge < -0.3 is 15.0 Å². The number of nitrogens with one attached hydrogen (secondary N) is 1. The Hall–Kier alpha value is -1.34. The average Bonchev–Trinajstić information content (AvgIpc) is 2.95. The van der Waals surface area contributed by atoms with Gasteiger partial charge in [0.05, 0.1) is 12.2 Å². The second-order valence-corrected chi connectivity index (χ2v) is 6.47. The van der Waals surface area contributed by atoms with Crippen LogP contribution in [-0.4, -0.2) is 60.2 Å². The third-order valence-electron chi connectivity index (χ3n) is 3.91. The van der Waals surface area contributed by atoms with E-state index in [0.29, 0.717) is 6.54 Å². The van der Waals surface area contributed by atoms with Gasteiger partial charge in [-0.1, -0.05) is 0 Å². The number of amides is 1. The molecule has 0 radical (unpaired) electrons. The molecule has 110 valence electrons. The van der Waals surface area contributed by atoms with Gasteiger partial charge >= 0.3 is 6.09 Å². The zero-order chi connectivity index (χ0) is 14.2. The highest BCUT2D eigenvalue weighted by Gasteiger charge is 2.46. The fourth-order valence-electron chi connectivity index (χ4n) is 3.05. The summed E-state index contributed by atoms with van der Waals surface area (Å²) in [5.74, 6) is 0. The highest BCUT2D eigenvalue weighted by molar-refractivity contribution is 7.13. The van der Waals surface area contributed by atoms with E-state index in [9.17, 15) is 4.79 Å². The van der Waals surface area contributed by atoms with Crippen molar-refractivity contribution in [3.63, 3.8) is 0 Å². The molecule has 2 fully saturated rings. The molecule has 6 nitrogen and oxygen atoms in total. The van der Waals surface area contributed by atoms with Crippen molar-refractivity contribution >= 4 is 22.6 Å². The second kappa shape index (κ2) is 5.21. The van der Waals surface area contributed by atoms with Crippen LogP contribution in [0.25, 0.3) is 0 Å². The maximum absolute atomic E-state index is 11.6. The van der Waals surface area contributed by atoms with Gasteiger partial charge in [0.1, 0.15) is 5.60 Å². The molecule has 1 atom stereocenters. The maximum atomic E-state index is 11.6. The van der Waals surface area contributed by atoms with Gasteiger partial charge in [0.25, 0.3) is 0 Å². The number of thiazole rings is 1. The molecule has 3 rings (SSSR count). The molecule has 1 spiro atoms. The number of anilines is 1. The van der Waals surface area contributed by atoms with E-state index in [2.05, 4.69) is 20.6 Å². The van der Waals surface area contributed by atoms with Crippen LogP contribution in [-0.2, 0) is 11.3 Å². The van der Waals surface area contributed by atoms with Crippen LogP contribution in [0.3, 0.4) is 0 Å². The Balaban J connectivity index is 1.65. The zero-order valence-electron chi connectivity index (χ0n) is 11.9. The number of carbonyl (C=O) groups excluding carboxylic acids is 1. The summed E-state index contributed by atoms with van der Waals surface area (Å²) >= 11 is 1.62. The van der Waals surface area contributed by atoms with Crippen molar-refractivity contribution in [2.24, 2.45) is 0 Å². The van der Waals surface area contributed by atoms with Crippen LogP contribution in [0, 0.1) is 0 Å². The monoisotopic (exact) mass is 296 g/mol. The Morgan fingerprint density at radius 2 is 2.40 bits per heavy atom. The molecule has 3 heterocycles. The summed E-state index contributed by atoms with van der Waals surface area (Å²) in [7, 11) is 3.68. The van der Waals surface area contributed by atoms with Crippen molar-refractivity contribution in [2.45, 2.75) is 25.0 Å². The number of hydrogen-bond donors (Lipinski definition) is 1. The van der Waals surface area contributed by atoms with E-state index in [1.54, 1.807) is 23.3 Å². The number of aromatic nitrogens is 1. The molecular weight excluding hydrogens is 276 g/mol. The summed E-state index contributed by atoms with van der Waals surface area (Å²) in [6, 6.07) is 0. The Morgan fingerprint density at radius 1 is 1.55 bits per heavy atom. The molecule has 1 aromatic rings. The van der Waals surface area contributed by atoms with Crippen molar-refractivity contribution in [1.82, 2.24) is 14.8 Å². The molecular formula is C13H20N4O2S. The molecule has 1 N–H and O–H groups in total. The molecule has 7 heteroatoms. The van der Waals surface area contributed by atoms with Crippen LogP contribution in [0.15, 0.2) is 5.38 Å². The first-order valence-electron chi connectivity index (χ1n) is 6.89. The molecule has 20 heavy (non-hydrogen) atoms. The molecule has 0 saturated carbocycles. The number of likely N-dealkylation sites (tertiary alicyclic amines) is 1. The number of likely N-dealkylation sites (N-methyl/N-ethyl adjacent to an activating group) is 1. The minimum absolute atomic E-state index is 0.196. The maximum Gasteiger partial charge on any atom is 0.410 e. The largest absolute Gasteiger partial charge is 0.440 e. The summed E-state index contributed by atoms with van der Waals surface area (Å²) in [6.45, 7) is 3.35. The standard InChI is InChI=1S/C13H20N4O2S/c1-14-11-15-10(7-20-11)6-17-5-3-4-13(9-17)8-16(2)12(18)19-13/h7H,3-6,8-9H2,1-2H3,(H,14,15)/t13-/m0/s1. The van der Waals surface area contributed by atoms with Crippen LogP contribution >= 0.6 is 11.3 Å². The first-order valence-corrected chi connectivity index (χ1v) is 7.77. The molecule has 0 aliphatic carbocycles. The number of rotatable bonds is 3. The Morgan fingerprint density at radius 3 is 3.05 bits per heavy atom. The molecule has 1 amide bonds. The molecule has 0 unspecified atom stereocenters. The van der Waals surface area contributed by atoms with Gasteiger partial charge in [-0.3, -0.25) is 4.90 Å². The summed E-state index contributed by atoms with van der Waals surface area (Å²) < 4.78 is 5.61. The van der Waals surface area contributed by atoms with E-state index in [0.717, 1.165) is 43.3 Å². The second-order valence-electron chi connectivity index (χ2n) is 5.62. The van der Waals surface area contributed by atoms with E-state index >= 15 is 0 Å². The number of piperidine rings is 1. The fourth-order valence-corrected chi connectivity index (χ4v) is 3.72. The number of ether oxygens (including phenoxy) is 1. The molecule has 0 aromatic carbocycles. The molecule has 2 aliphatic heterocycles. The van der Waals surface area contributed by atoms with Gasteiger partial charge in [-0.15, -0.1) is 11.3 Å². The average molecular weight is 296 g/mol. The lowest BCUT2D eigenvalue weighted by atomic mass is 9.93. The number of nitrogens with zero attached hydrogens (tertiary/aromatic N) is 3. The number of hydrogen-bond acceptors (Lipinski definition) is 6. The van der Waals surface area contributed by atoms with Crippen LogP contribution in [0.4, 0.5) is 9.93 Å². The minimum atomic E-state index is -0.314. The smallest absolute Gasteiger partial charge is 0.410 e. The summed E-state index contributed by atoms with van der Waals surface area (Å²) in [4.78, 5) is 20.1. The third kappa shape index (κ3) is 2.60. The van der Waals surface area contributed by atoms with Crippen LogP contribution < -0.4 is 5.32 Å². The van der Waals surface area contributed by atoms with Crippen LogP contribution in [0.1, 0.15) is 18.5 Å². The van der Waals surface area contributed by atoms with Crippen LogP contribution in [0.5, 0.6) is 0 Å². The summed E-state index contributed by atoms with van der Waals surface area (Å²) in [5.41, 5.74) is 0.764. The Labute approximate surface area is 122 Å². The van der Waals surface area contributed by atoms with Crippen LogP contribution in [0.2, 0.25) is 0 Å². The SMILES string of the molecule is CNc1nc(CN2CCC[C@@]3(C2)CN(C)C(=O)O3)cs1. The lowest BCUT2D eigenvalue weighted by Crippen LogP contribution is -2.50. The molecule has 2 saturated heterocycles. The molecule has 2 aliphatic rings. The van der Waals surface area contributed by atoms with E-state index in [4.69, 9.17) is 4.74 Å². The van der Waals surface area contributed by atoms with Gasteiger partial charge in [-0.2, -0.15) is 0 Å². The lowest BCUT2D eigenvalue weighted by Gasteiger charge is -2.38. The van der Waals surface area contributed by atoms with E-state index in [1.807, 2.05) is 7.05 Å². The van der Waals surface area contributed by atoms with E-state index < -0.39 is 0 Å². The predicted octanol–water partition coefficient (Wildman–Crippen LogP) is 1.60. The topological polar surface area (TPSA) is 57.7 Å². The van der Waals surface area contributed by atoms with E-state index in [1.165, 1.54) is 0 Å². The van der Waals surface area contributed by atoms with Gasteiger partial charge in [-0.25, -0.2) is 9.78 Å². The van der Waals surface area contributed by atoms with Crippen molar-refractivity contribution in [3.8, 4) is 0 Å². The van der Waals surface area contributed by atoms with E-state index in [-0.39, 0.29) is 11.7 Å². The normalized spacial score (nSPS) is 27.1. The van der Waals surface area contributed by atoms with Crippen molar-refractivity contribution in [3.05, 3.63) is 11.1 Å². The van der Waals surface area contributed by atoms with Gasteiger partial charge in [0.2, 0.25) is 0 Å². The lowest BCUT2D eigenvalue weighted by molar-refractivity contribution is -0.0116. The Bertz CT molecular complexity index is 506. The highest BCUT2D eigenvalue weighted by Crippen LogP contribution is 2.32. The first kappa shape index (κ1) is 13.6. The van der Waals surface area contributed by atoms with Crippen molar-refractivity contribution < 1.29 is 9.53 Å². The zero-order valence-corrected chi connectivity index (χ0v) is 12.7. The van der Waals surface area contributed by atoms with Crippen molar-refractivity contribution in [2.75, 3.05) is 39.0 Å². The predicted molar refractivity (Wildman–Crippen MR) is 78.0 cm³/mol. The molecule has 0 bridgehead atoms. The quantitative estimate of drug-likeness (QED) is 0.918. The molecule has 1 aromatic heterocycles. The fraction of sp³-hybridized carbons (Fsp3) is 0.692. The first-order chi connectivity index (χ1) is 9.60. The minimum Gasteiger partial charge on any atom is -0.440 e. The third-order valence-corrected chi connectivity index (χ3v) is 4.82. The van der Waals surface area contributed by atoms with Gasteiger partial charge in [0, 0.05) is 32.6 Å². The number of carbonyl (C=O) groups is 1. The summed E-state index contributed by atoms with van der Waals surface area (Å²) in [6.07, 6.45) is 1.82. The van der Waals surface area contributed by atoms with Gasteiger partial charge in [-0.05, 0) is 19.4 Å². The van der Waals surface area contributed by atoms with Gasteiger partial charge in [0.15, 0.2) is 5.13 Å². The highest BCUT2D eigenvalue weighted by atomic mass is 32.1.